The van der Waals surface area contributed by atoms with E-state index in [1.165, 1.54) is 0 Å². The number of hydrogen-bond acceptors (Lipinski definition) is 5. The molecule has 1 unspecified atom stereocenters. The molecule has 0 bridgehead atoms. The number of rotatable bonds is 7. The van der Waals surface area contributed by atoms with Crippen LogP contribution in [0.25, 0.3) is 0 Å². The predicted molar refractivity (Wildman–Crippen MR) is 84.2 cm³/mol. The highest BCUT2D eigenvalue weighted by molar-refractivity contribution is 5.10. The van der Waals surface area contributed by atoms with Gasteiger partial charge < -0.3 is 15.2 Å². The molecule has 1 aromatic heterocycles. The fraction of sp³-hybridized carbons (Fsp3) is 0.625. The molecule has 1 aromatic rings. The second kappa shape index (κ2) is 7.94. The van der Waals surface area contributed by atoms with Gasteiger partial charge in [0.25, 0.3) is 0 Å². The van der Waals surface area contributed by atoms with E-state index in [4.69, 9.17) is 4.74 Å². The molecule has 1 atom stereocenters. The minimum atomic E-state index is -4.82. The van der Waals surface area contributed by atoms with Gasteiger partial charge in [0.15, 0.2) is 5.60 Å². The van der Waals surface area contributed by atoms with Crippen LogP contribution in [0.1, 0.15) is 39.1 Å². The normalized spacial score (nSPS) is 15.5. The monoisotopic (exact) mass is 347 g/mol. The van der Waals surface area contributed by atoms with Gasteiger partial charge in [-0.1, -0.05) is 20.8 Å². The largest absolute Gasteiger partial charge is 0.502 e. The van der Waals surface area contributed by atoms with Crippen molar-refractivity contribution in [2.45, 2.75) is 51.4 Å². The van der Waals surface area contributed by atoms with E-state index < -0.39 is 18.3 Å². The lowest BCUT2D eigenvalue weighted by Crippen LogP contribution is -2.51. The van der Waals surface area contributed by atoms with Crippen LogP contribution < -0.4 is 5.32 Å². The lowest BCUT2D eigenvalue weighted by molar-refractivity contribution is -0.238. The smallest absolute Gasteiger partial charge is 0.422 e. The molecule has 0 saturated carbocycles. The van der Waals surface area contributed by atoms with E-state index in [-0.39, 0.29) is 18.6 Å². The molecule has 2 N–H and O–H groups in total. The summed E-state index contributed by atoms with van der Waals surface area (Å²) in [4.78, 5) is 8.41. The van der Waals surface area contributed by atoms with Crippen molar-refractivity contribution in [1.29, 1.82) is 0 Å². The molecular weight excluding hydrogens is 323 g/mol. The fourth-order valence-electron chi connectivity index (χ4n) is 1.74. The van der Waals surface area contributed by atoms with Crippen LogP contribution in [0.15, 0.2) is 24.7 Å². The first-order valence-electron chi connectivity index (χ1n) is 7.60. The third kappa shape index (κ3) is 5.76. The maximum absolute atomic E-state index is 13.0. The molecule has 1 heterocycles. The Morgan fingerprint density at radius 1 is 1.21 bits per heavy atom. The van der Waals surface area contributed by atoms with Gasteiger partial charge >= 0.3 is 6.18 Å². The standard InChI is InChI=1S/C16H24F3N3O2/c1-5-24-7-6-15(23,16(17,18)19)11-20-8-12-9-21-13(22-10-12)14(2,3)4/h6-7,9-10,20,23H,5,8,11H2,1-4H3. The molecule has 0 fully saturated rings. The first-order valence-corrected chi connectivity index (χ1v) is 7.60. The molecule has 1 rings (SSSR count). The van der Waals surface area contributed by atoms with Gasteiger partial charge in [0, 0.05) is 36.5 Å². The lowest BCUT2D eigenvalue weighted by atomic mass is 9.96. The zero-order valence-corrected chi connectivity index (χ0v) is 14.3. The van der Waals surface area contributed by atoms with Gasteiger partial charge in [0.2, 0.25) is 0 Å². The second-order valence-electron chi connectivity index (χ2n) is 6.45. The number of halogens is 3. The molecule has 0 amide bonds. The molecule has 0 aliphatic heterocycles. The summed E-state index contributed by atoms with van der Waals surface area (Å²) < 4.78 is 43.8. The van der Waals surface area contributed by atoms with E-state index in [2.05, 4.69) is 15.3 Å². The van der Waals surface area contributed by atoms with Crippen molar-refractivity contribution in [3.05, 3.63) is 36.1 Å². The fourth-order valence-corrected chi connectivity index (χ4v) is 1.74. The molecular formula is C16H24F3N3O2. The highest BCUT2D eigenvalue weighted by Crippen LogP contribution is 2.31. The highest BCUT2D eigenvalue weighted by atomic mass is 19.4. The van der Waals surface area contributed by atoms with Crippen molar-refractivity contribution in [1.82, 2.24) is 15.3 Å². The minimum absolute atomic E-state index is 0.102. The van der Waals surface area contributed by atoms with Crippen LogP contribution >= 0.6 is 0 Å². The Bertz CT molecular complexity index is 539. The third-order valence-corrected chi connectivity index (χ3v) is 3.20. The summed E-state index contributed by atoms with van der Waals surface area (Å²) in [6.07, 6.45) is -0.244. The van der Waals surface area contributed by atoms with Gasteiger partial charge in [-0.15, -0.1) is 0 Å². The van der Waals surface area contributed by atoms with Gasteiger partial charge in [0.1, 0.15) is 5.82 Å². The van der Waals surface area contributed by atoms with Crippen LogP contribution in [0.4, 0.5) is 13.2 Å². The van der Waals surface area contributed by atoms with E-state index >= 15 is 0 Å². The summed E-state index contributed by atoms with van der Waals surface area (Å²) in [5.74, 6) is 0.651. The average molecular weight is 347 g/mol. The van der Waals surface area contributed by atoms with Crippen molar-refractivity contribution in [2.24, 2.45) is 0 Å². The maximum Gasteiger partial charge on any atom is 0.422 e. The van der Waals surface area contributed by atoms with Crippen molar-refractivity contribution in [3.8, 4) is 0 Å². The Balaban J connectivity index is 2.68. The molecule has 0 radical (unpaired) electrons. The summed E-state index contributed by atoms with van der Waals surface area (Å²) in [6.45, 7) is 7.15. The number of alkyl halides is 3. The molecule has 5 nitrogen and oxygen atoms in total. The summed E-state index contributed by atoms with van der Waals surface area (Å²) in [7, 11) is 0. The predicted octanol–water partition coefficient (Wildman–Crippen LogP) is 2.71. The van der Waals surface area contributed by atoms with Crippen molar-refractivity contribution < 1.29 is 23.0 Å². The van der Waals surface area contributed by atoms with E-state index in [0.29, 0.717) is 17.5 Å². The Hall–Kier alpha value is -1.67. The molecule has 0 aromatic carbocycles. The van der Waals surface area contributed by atoms with E-state index in [1.807, 2.05) is 20.8 Å². The minimum Gasteiger partial charge on any atom is -0.502 e. The third-order valence-electron chi connectivity index (χ3n) is 3.20. The van der Waals surface area contributed by atoms with Crippen LogP contribution in [0, 0.1) is 0 Å². The molecule has 0 saturated heterocycles. The summed E-state index contributed by atoms with van der Waals surface area (Å²) in [5, 5.41) is 12.4. The Kier molecular flexibility index (Phi) is 6.74. The summed E-state index contributed by atoms with van der Waals surface area (Å²) in [5.41, 5.74) is -2.58. The maximum atomic E-state index is 13.0. The van der Waals surface area contributed by atoms with Gasteiger partial charge in [0.05, 0.1) is 12.9 Å². The summed E-state index contributed by atoms with van der Waals surface area (Å²) in [6, 6.07) is 0. The van der Waals surface area contributed by atoms with Gasteiger partial charge in [-0.25, -0.2) is 9.97 Å². The Morgan fingerprint density at radius 2 is 1.79 bits per heavy atom. The molecule has 136 valence electrons. The number of aromatic nitrogens is 2. The van der Waals surface area contributed by atoms with Crippen molar-refractivity contribution >= 4 is 0 Å². The zero-order chi connectivity index (χ0) is 18.4. The zero-order valence-electron chi connectivity index (χ0n) is 14.3. The number of ether oxygens (including phenoxy) is 1. The Labute approximate surface area is 140 Å². The Morgan fingerprint density at radius 3 is 2.25 bits per heavy atom. The van der Waals surface area contributed by atoms with Gasteiger partial charge in [-0.2, -0.15) is 13.2 Å². The van der Waals surface area contributed by atoms with Crippen LogP contribution in [-0.4, -0.2) is 40.0 Å². The molecule has 0 aliphatic carbocycles. The summed E-state index contributed by atoms with van der Waals surface area (Å²) >= 11 is 0. The number of aliphatic hydroxyl groups is 1. The average Bonchev–Trinajstić information content (AvgIpc) is 2.46. The van der Waals surface area contributed by atoms with Crippen molar-refractivity contribution in [3.63, 3.8) is 0 Å². The highest BCUT2D eigenvalue weighted by Gasteiger charge is 2.51. The van der Waals surface area contributed by atoms with E-state index in [9.17, 15) is 18.3 Å². The van der Waals surface area contributed by atoms with Crippen LogP contribution in [0.3, 0.4) is 0 Å². The molecule has 24 heavy (non-hydrogen) atoms. The SMILES string of the molecule is CCOC=CC(O)(CNCc1cnc(C(C)(C)C)nc1)C(F)(F)F. The second-order valence-corrected chi connectivity index (χ2v) is 6.45. The first-order chi connectivity index (χ1) is 11.0. The van der Waals surface area contributed by atoms with Crippen LogP contribution in [-0.2, 0) is 16.7 Å². The van der Waals surface area contributed by atoms with Crippen LogP contribution in [0.2, 0.25) is 0 Å². The van der Waals surface area contributed by atoms with Gasteiger partial charge in [-0.05, 0) is 13.0 Å². The lowest BCUT2D eigenvalue weighted by Gasteiger charge is -2.27. The topological polar surface area (TPSA) is 67.3 Å². The van der Waals surface area contributed by atoms with E-state index in [0.717, 1.165) is 6.26 Å². The number of nitrogens with zero attached hydrogens (tertiary/aromatic N) is 2. The molecule has 8 heteroatoms. The number of hydrogen-bond donors (Lipinski definition) is 2. The first kappa shape index (κ1) is 20.4. The quantitative estimate of drug-likeness (QED) is 0.743. The molecule has 0 spiro atoms. The molecule has 0 aliphatic rings. The van der Waals surface area contributed by atoms with Crippen molar-refractivity contribution in [2.75, 3.05) is 13.2 Å². The number of nitrogens with one attached hydrogen (secondary N) is 1. The van der Waals surface area contributed by atoms with Crippen LogP contribution in [0.5, 0.6) is 0 Å². The van der Waals surface area contributed by atoms with Gasteiger partial charge in [-0.3, -0.25) is 0 Å². The van der Waals surface area contributed by atoms with E-state index in [1.54, 1.807) is 19.3 Å².